The Balaban J connectivity index is 1.99. The van der Waals surface area contributed by atoms with E-state index in [0.717, 1.165) is 18.3 Å². The summed E-state index contributed by atoms with van der Waals surface area (Å²) in [6.07, 6.45) is 2.48. The van der Waals surface area contributed by atoms with Crippen LogP contribution in [-0.4, -0.2) is 17.8 Å². The highest BCUT2D eigenvalue weighted by molar-refractivity contribution is 6.27. The van der Waals surface area contributed by atoms with Gasteiger partial charge in [-0.1, -0.05) is 20.8 Å². The minimum Gasteiger partial charge on any atom is -0.352 e. The van der Waals surface area contributed by atoms with Crippen LogP contribution in [0.15, 0.2) is 0 Å². The van der Waals surface area contributed by atoms with Gasteiger partial charge < -0.3 is 5.32 Å². The molecule has 3 rings (SSSR count). The first-order chi connectivity index (χ1) is 6.96. The number of rotatable bonds is 2. The minimum absolute atomic E-state index is 0.0207. The van der Waals surface area contributed by atoms with Gasteiger partial charge in [0.2, 0.25) is 5.91 Å². The second-order valence-electron chi connectivity index (χ2n) is 5.76. The number of alkyl halides is 1. The molecule has 0 heterocycles. The predicted molar refractivity (Wildman–Crippen MR) is 61.8 cm³/mol. The molecule has 0 unspecified atom stereocenters. The topological polar surface area (TPSA) is 29.1 Å². The predicted octanol–water partition coefficient (Wildman–Crippen LogP) is 2.41. The summed E-state index contributed by atoms with van der Waals surface area (Å²) in [5, 5.41) is 3.05. The van der Waals surface area contributed by atoms with Gasteiger partial charge in [0.05, 0.1) is 0 Å². The molecule has 0 spiro atoms. The Kier molecular flexibility index (Phi) is 2.74. The smallest absolute Gasteiger partial charge is 0.235 e. The molecule has 3 saturated carbocycles. The van der Waals surface area contributed by atoms with Crippen LogP contribution in [0.4, 0.5) is 0 Å². The van der Waals surface area contributed by atoms with Crippen molar-refractivity contribution in [1.29, 1.82) is 0 Å². The average molecular weight is 230 g/mol. The zero-order chi connectivity index (χ0) is 11.2. The molecule has 2 nitrogen and oxygen atoms in total. The fourth-order valence-electron chi connectivity index (χ4n) is 3.59. The third kappa shape index (κ3) is 1.67. The molecule has 0 saturated heterocycles. The first kappa shape index (κ1) is 11.3. The highest BCUT2D eigenvalue weighted by Crippen LogP contribution is 2.61. The number of fused-ring (bicyclic) bond motifs is 2. The van der Waals surface area contributed by atoms with Gasteiger partial charge in [0.1, 0.15) is 5.88 Å². The van der Waals surface area contributed by atoms with Gasteiger partial charge in [-0.3, -0.25) is 4.79 Å². The van der Waals surface area contributed by atoms with Crippen molar-refractivity contribution in [3.05, 3.63) is 0 Å². The molecular formula is C12H20ClNO. The van der Waals surface area contributed by atoms with Crippen molar-refractivity contribution < 1.29 is 4.79 Å². The number of nitrogens with one attached hydrogen (secondary N) is 1. The van der Waals surface area contributed by atoms with E-state index < -0.39 is 0 Å². The molecule has 0 aromatic rings. The van der Waals surface area contributed by atoms with Gasteiger partial charge in [0, 0.05) is 6.04 Å². The van der Waals surface area contributed by atoms with E-state index in [9.17, 15) is 4.79 Å². The lowest BCUT2D eigenvalue weighted by Gasteiger charge is -2.62. The Bertz CT molecular complexity index is 277. The van der Waals surface area contributed by atoms with Crippen molar-refractivity contribution in [2.24, 2.45) is 23.2 Å². The van der Waals surface area contributed by atoms with E-state index in [1.165, 1.54) is 6.42 Å². The summed E-state index contributed by atoms with van der Waals surface area (Å²) >= 11 is 5.51. The second-order valence-corrected chi connectivity index (χ2v) is 6.03. The van der Waals surface area contributed by atoms with Crippen LogP contribution in [0.2, 0.25) is 0 Å². The maximum Gasteiger partial charge on any atom is 0.235 e. The number of hydrogen-bond acceptors (Lipinski definition) is 1. The molecule has 3 heteroatoms. The summed E-state index contributed by atoms with van der Waals surface area (Å²) in [6, 6.07) is 0.355. The van der Waals surface area contributed by atoms with Crippen LogP contribution in [0.1, 0.15) is 33.6 Å². The lowest BCUT2D eigenvalue weighted by molar-refractivity contribution is -0.132. The number of halogens is 1. The van der Waals surface area contributed by atoms with Crippen molar-refractivity contribution in [2.75, 3.05) is 5.88 Å². The van der Waals surface area contributed by atoms with E-state index in [0.29, 0.717) is 17.4 Å². The van der Waals surface area contributed by atoms with Crippen LogP contribution in [0, 0.1) is 23.2 Å². The van der Waals surface area contributed by atoms with E-state index in [2.05, 4.69) is 26.1 Å². The third-order valence-electron chi connectivity index (χ3n) is 4.82. The summed E-state index contributed by atoms with van der Waals surface area (Å²) in [6.45, 7) is 6.99. The van der Waals surface area contributed by atoms with Crippen molar-refractivity contribution in [1.82, 2.24) is 5.32 Å². The Labute approximate surface area is 96.8 Å². The minimum atomic E-state index is -0.0207. The average Bonchev–Trinajstić information content (AvgIpc) is 2.19. The molecule has 2 bridgehead atoms. The number of hydrogen-bond donors (Lipinski definition) is 1. The molecule has 0 radical (unpaired) electrons. The molecule has 15 heavy (non-hydrogen) atoms. The molecule has 1 N–H and O–H groups in total. The van der Waals surface area contributed by atoms with Gasteiger partial charge >= 0.3 is 0 Å². The SMILES string of the molecule is C[C@@H]1[C@@H](NC(=O)CCl)C[C@H]2C[C@@H]1C2(C)C. The lowest BCUT2D eigenvalue weighted by atomic mass is 9.45. The van der Waals surface area contributed by atoms with Crippen LogP contribution < -0.4 is 5.32 Å². The van der Waals surface area contributed by atoms with Crippen LogP contribution in [0.3, 0.4) is 0 Å². The van der Waals surface area contributed by atoms with Crippen LogP contribution >= 0.6 is 11.6 Å². The van der Waals surface area contributed by atoms with Gasteiger partial charge in [-0.25, -0.2) is 0 Å². The monoisotopic (exact) mass is 229 g/mol. The first-order valence-electron chi connectivity index (χ1n) is 5.82. The summed E-state index contributed by atoms with van der Waals surface area (Å²) in [5.74, 6) is 2.23. The molecule has 0 aromatic heterocycles. The molecule has 3 aliphatic carbocycles. The molecule has 1 amide bonds. The summed E-state index contributed by atoms with van der Waals surface area (Å²) in [5.41, 5.74) is 0.488. The summed E-state index contributed by atoms with van der Waals surface area (Å²) in [7, 11) is 0. The van der Waals surface area contributed by atoms with Gasteiger partial charge in [-0.2, -0.15) is 0 Å². The molecule has 0 aromatic carbocycles. The molecule has 4 atom stereocenters. The van der Waals surface area contributed by atoms with Gasteiger partial charge in [-0.15, -0.1) is 11.6 Å². The summed E-state index contributed by atoms with van der Waals surface area (Å²) in [4.78, 5) is 11.3. The standard InChI is InChI=1S/C12H20ClNO/c1-7-9-4-8(12(9,2)3)5-10(7)14-11(15)6-13/h7-10H,4-6H2,1-3H3,(H,14,15)/t7-,8+,9-,10-/m0/s1. The van der Waals surface area contributed by atoms with E-state index in [-0.39, 0.29) is 11.8 Å². The Morgan fingerprint density at radius 1 is 1.47 bits per heavy atom. The third-order valence-corrected chi connectivity index (χ3v) is 5.06. The first-order valence-corrected chi connectivity index (χ1v) is 6.35. The van der Waals surface area contributed by atoms with Crippen molar-refractivity contribution in [3.8, 4) is 0 Å². The fraction of sp³-hybridized carbons (Fsp3) is 0.917. The molecule has 3 aliphatic rings. The zero-order valence-electron chi connectivity index (χ0n) is 9.72. The number of carbonyl (C=O) groups is 1. The van der Waals surface area contributed by atoms with Crippen LogP contribution in [-0.2, 0) is 4.79 Å². The molecule has 0 aliphatic heterocycles. The van der Waals surface area contributed by atoms with E-state index in [1.54, 1.807) is 0 Å². The highest BCUT2D eigenvalue weighted by Gasteiger charge is 2.56. The normalized spacial score (nSPS) is 41.9. The summed E-state index contributed by atoms with van der Waals surface area (Å²) < 4.78 is 0. The largest absolute Gasteiger partial charge is 0.352 e. The number of carbonyl (C=O) groups excluding carboxylic acids is 1. The molecule has 3 fully saturated rings. The fourth-order valence-corrected chi connectivity index (χ4v) is 3.66. The maximum atomic E-state index is 11.3. The highest BCUT2D eigenvalue weighted by atomic mass is 35.5. The second kappa shape index (κ2) is 3.65. The van der Waals surface area contributed by atoms with Gasteiger partial charge in [0.25, 0.3) is 0 Å². The molecule has 86 valence electrons. The number of amides is 1. The maximum absolute atomic E-state index is 11.3. The Morgan fingerprint density at radius 2 is 2.13 bits per heavy atom. The Hall–Kier alpha value is -0.240. The molecular weight excluding hydrogens is 210 g/mol. The van der Waals surface area contributed by atoms with Crippen molar-refractivity contribution >= 4 is 17.5 Å². The lowest BCUT2D eigenvalue weighted by Crippen LogP contribution is -2.60. The van der Waals surface area contributed by atoms with Gasteiger partial charge in [0.15, 0.2) is 0 Å². The quantitative estimate of drug-likeness (QED) is 0.724. The van der Waals surface area contributed by atoms with Crippen LogP contribution in [0.25, 0.3) is 0 Å². The van der Waals surface area contributed by atoms with Crippen molar-refractivity contribution in [3.63, 3.8) is 0 Å². The van der Waals surface area contributed by atoms with E-state index >= 15 is 0 Å². The van der Waals surface area contributed by atoms with Crippen LogP contribution in [0.5, 0.6) is 0 Å². The Morgan fingerprint density at radius 3 is 2.60 bits per heavy atom. The van der Waals surface area contributed by atoms with E-state index in [1.807, 2.05) is 0 Å². The van der Waals surface area contributed by atoms with Gasteiger partial charge in [-0.05, 0) is 36.0 Å². The van der Waals surface area contributed by atoms with Crippen molar-refractivity contribution in [2.45, 2.75) is 39.7 Å². The zero-order valence-corrected chi connectivity index (χ0v) is 10.5. The van der Waals surface area contributed by atoms with E-state index in [4.69, 9.17) is 11.6 Å².